The average Bonchev–Trinajstić information content (AvgIpc) is 3.19. The van der Waals surface area contributed by atoms with E-state index in [-0.39, 0.29) is 18.3 Å². The number of benzene rings is 1. The maximum atomic E-state index is 12.5. The molecule has 3 heterocycles. The van der Waals surface area contributed by atoms with Crippen LogP contribution in [0.2, 0.25) is 0 Å². The minimum Gasteiger partial charge on any atom is -0.346 e. The summed E-state index contributed by atoms with van der Waals surface area (Å²) in [4.78, 5) is 12.5. The monoisotopic (exact) mass is 388 g/mol. The number of nitrogens with zero attached hydrogens (tertiary/aromatic N) is 6. The number of hydrogen-bond acceptors (Lipinski definition) is 6. The van der Waals surface area contributed by atoms with Gasteiger partial charge in [-0.2, -0.15) is 9.78 Å². The van der Waals surface area contributed by atoms with Crippen LogP contribution in [0, 0.1) is 6.92 Å². The van der Waals surface area contributed by atoms with Crippen LogP contribution in [0.15, 0.2) is 30.3 Å². The molecule has 1 amide bonds. The van der Waals surface area contributed by atoms with Crippen LogP contribution in [0.1, 0.15) is 34.0 Å². The lowest BCUT2D eigenvalue weighted by molar-refractivity contribution is 0.0950. The van der Waals surface area contributed by atoms with E-state index in [1.165, 1.54) is 0 Å². The standard InChI is InChI=1S/C17H20N8O.ClH/c1-12-20-22-23-25(12)15-5-2-4-13(8-15)17(26)19-10-14-9-16-11-18-6-3-7-24(16)21-14;/h2,4-5,8-9,18H,3,6-7,10-11H2,1H3,(H,19,26);1H. The molecule has 0 atom stereocenters. The molecule has 27 heavy (non-hydrogen) atoms. The summed E-state index contributed by atoms with van der Waals surface area (Å²) >= 11 is 0. The number of fused-ring (bicyclic) bond motifs is 1. The van der Waals surface area contributed by atoms with Crippen molar-refractivity contribution in [2.45, 2.75) is 33.0 Å². The second-order valence-electron chi connectivity index (χ2n) is 6.25. The van der Waals surface area contributed by atoms with Gasteiger partial charge in [0, 0.05) is 18.7 Å². The van der Waals surface area contributed by atoms with Crippen LogP contribution in [0.4, 0.5) is 0 Å². The van der Waals surface area contributed by atoms with Gasteiger partial charge >= 0.3 is 0 Å². The Morgan fingerprint density at radius 1 is 1.33 bits per heavy atom. The van der Waals surface area contributed by atoms with Crippen molar-refractivity contribution in [3.8, 4) is 5.69 Å². The lowest BCUT2D eigenvalue weighted by Gasteiger charge is -2.06. The largest absolute Gasteiger partial charge is 0.346 e. The van der Waals surface area contributed by atoms with Gasteiger partial charge in [0.25, 0.3) is 5.91 Å². The maximum Gasteiger partial charge on any atom is 0.251 e. The number of hydrogen-bond donors (Lipinski definition) is 2. The number of amides is 1. The number of nitrogens with one attached hydrogen (secondary N) is 2. The average molecular weight is 389 g/mol. The third-order valence-electron chi connectivity index (χ3n) is 4.35. The van der Waals surface area contributed by atoms with Gasteiger partial charge in [-0.1, -0.05) is 6.07 Å². The number of aromatic nitrogens is 6. The second-order valence-corrected chi connectivity index (χ2v) is 6.25. The smallest absolute Gasteiger partial charge is 0.251 e. The Balaban J connectivity index is 0.00000210. The van der Waals surface area contributed by atoms with E-state index in [9.17, 15) is 4.79 Å². The van der Waals surface area contributed by atoms with Crippen LogP contribution >= 0.6 is 12.4 Å². The predicted octanol–water partition coefficient (Wildman–Crippen LogP) is 1.01. The summed E-state index contributed by atoms with van der Waals surface area (Å²) in [5.41, 5.74) is 3.33. The Labute approximate surface area is 162 Å². The molecule has 1 aromatic carbocycles. The SMILES string of the molecule is Cc1nnnn1-c1cccc(C(=O)NCc2cc3n(n2)CCCNC3)c1.Cl. The molecule has 0 saturated carbocycles. The fraction of sp³-hybridized carbons (Fsp3) is 0.353. The molecular weight excluding hydrogens is 368 g/mol. The van der Waals surface area contributed by atoms with Crippen molar-refractivity contribution in [2.75, 3.05) is 6.54 Å². The Bertz CT molecular complexity index is 911. The van der Waals surface area contributed by atoms with Gasteiger partial charge < -0.3 is 10.6 Å². The Morgan fingerprint density at radius 3 is 3.04 bits per heavy atom. The first kappa shape index (κ1) is 19.0. The van der Waals surface area contributed by atoms with Crippen molar-refractivity contribution in [2.24, 2.45) is 0 Å². The van der Waals surface area contributed by atoms with Crippen molar-refractivity contribution in [3.05, 3.63) is 53.1 Å². The molecule has 1 aliphatic heterocycles. The van der Waals surface area contributed by atoms with E-state index < -0.39 is 0 Å². The molecule has 142 valence electrons. The van der Waals surface area contributed by atoms with Crippen LogP contribution in [0.5, 0.6) is 0 Å². The molecule has 3 aromatic rings. The van der Waals surface area contributed by atoms with E-state index in [0.717, 1.165) is 43.1 Å². The normalized spacial score (nSPS) is 13.4. The quantitative estimate of drug-likeness (QED) is 0.691. The molecule has 9 nitrogen and oxygen atoms in total. The summed E-state index contributed by atoms with van der Waals surface area (Å²) in [5.74, 6) is 0.509. The Kier molecular flexibility index (Phi) is 5.82. The fourth-order valence-corrected chi connectivity index (χ4v) is 3.03. The summed E-state index contributed by atoms with van der Waals surface area (Å²) in [6.07, 6.45) is 1.06. The molecule has 0 radical (unpaired) electrons. The highest BCUT2D eigenvalue weighted by Gasteiger charge is 2.13. The van der Waals surface area contributed by atoms with Gasteiger partial charge in [-0.15, -0.1) is 17.5 Å². The highest BCUT2D eigenvalue weighted by Crippen LogP contribution is 2.12. The summed E-state index contributed by atoms with van der Waals surface area (Å²) < 4.78 is 3.61. The highest BCUT2D eigenvalue weighted by molar-refractivity contribution is 5.94. The number of aryl methyl sites for hydroxylation is 2. The zero-order valence-electron chi connectivity index (χ0n) is 14.9. The number of tetrazole rings is 1. The molecule has 10 heteroatoms. The first-order valence-corrected chi connectivity index (χ1v) is 8.60. The second kappa shape index (κ2) is 8.28. The van der Waals surface area contributed by atoms with Crippen LogP contribution in [0.3, 0.4) is 0 Å². The van der Waals surface area contributed by atoms with Crippen LogP contribution in [-0.4, -0.2) is 42.4 Å². The summed E-state index contributed by atoms with van der Waals surface area (Å²) in [5, 5.41) is 22.3. The van der Waals surface area contributed by atoms with Crippen LogP contribution in [-0.2, 0) is 19.6 Å². The summed E-state index contributed by atoms with van der Waals surface area (Å²) in [7, 11) is 0. The van der Waals surface area contributed by atoms with Gasteiger partial charge in [0.15, 0.2) is 5.82 Å². The molecule has 1 aliphatic rings. The van der Waals surface area contributed by atoms with Crippen molar-refractivity contribution < 1.29 is 4.79 Å². The zero-order chi connectivity index (χ0) is 17.9. The minimum absolute atomic E-state index is 0. The Hall–Kier alpha value is -2.78. The van der Waals surface area contributed by atoms with Gasteiger partial charge in [0.2, 0.25) is 0 Å². The molecule has 0 bridgehead atoms. The van der Waals surface area contributed by atoms with Gasteiger partial charge in [0.1, 0.15) is 0 Å². The lowest BCUT2D eigenvalue weighted by atomic mass is 10.2. The maximum absolute atomic E-state index is 12.5. The topological polar surface area (TPSA) is 103 Å². The van der Waals surface area contributed by atoms with Crippen molar-refractivity contribution in [3.63, 3.8) is 0 Å². The molecule has 2 aromatic heterocycles. The first-order chi connectivity index (χ1) is 12.7. The molecule has 0 unspecified atom stereocenters. The van der Waals surface area contributed by atoms with E-state index in [0.29, 0.717) is 17.9 Å². The Morgan fingerprint density at radius 2 is 2.22 bits per heavy atom. The van der Waals surface area contributed by atoms with Gasteiger partial charge in [-0.25, -0.2) is 0 Å². The van der Waals surface area contributed by atoms with Crippen molar-refractivity contribution >= 4 is 18.3 Å². The van der Waals surface area contributed by atoms with E-state index in [1.807, 2.05) is 29.8 Å². The fourth-order valence-electron chi connectivity index (χ4n) is 3.03. The highest BCUT2D eigenvalue weighted by atomic mass is 35.5. The van der Waals surface area contributed by atoms with E-state index in [4.69, 9.17) is 0 Å². The third kappa shape index (κ3) is 4.15. The lowest BCUT2D eigenvalue weighted by Crippen LogP contribution is -2.23. The number of halogens is 1. The molecule has 0 fully saturated rings. The zero-order valence-corrected chi connectivity index (χ0v) is 15.7. The van der Waals surface area contributed by atoms with E-state index in [2.05, 4.69) is 31.3 Å². The number of rotatable bonds is 4. The number of carbonyl (C=O) groups is 1. The first-order valence-electron chi connectivity index (χ1n) is 8.60. The van der Waals surface area contributed by atoms with Gasteiger partial charge in [0.05, 0.1) is 23.6 Å². The molecule has 2 N–H and O–H groups in total. The molecular formula is C17H21ClN8O. The van der Waals surface area contributed by atoms with E-state index in [1.54, 1.807) is 16.8 Å². The minimum atomic E-state index is -0.154. The van der Waals surface area contributed by atoms with Crippen molar-refractivity contribution in [1.29, 1.82) is 0 Å². The predicted molar refractivity (Wildman–Crippen MR) is 101 cm³/mol. The molecule has 0 saturated heterocycles. The third-order valence-corrected chi connectivity index (χ3v) is 4.35. The van der Waals surface area contributed by atoms with Gasteiger partial charge in [-0.05, 0) is 54.6 Å². The summed E-state index contributed by atoms with van der Waals surface area (Å²) in [6, 6.07) is 9.25. The van der Waals surface area contributed by atoms with Crippen LogP contribution in [0.25, 0.3) is 5.69 Å². The number of carbonyl (C=O) groups excluding carboxylic acids is 1. The van der Waals surface area contributed by atoms with Crippen LogP contribution < -0.4 is 10.6 Å². The van der Waals surface area contributed by atoms with E-state index >= 15 is 0 Å². The molecule has 4 rings (SSSR count). The van der Waals surface area contributed by atoms with Crippen molar-refractivity contribution in [1.82, 2.24) is 40.6 Å². The molecule has 0 aliphatic carbocycles. The molecule has 0 spiro atoms. The van der Waals surface area contributed by atoms with Gasteiger partial charge in [-0.3, -0.25) is 9.48 Å². The summed E-state index contributed by atoms with van der Waals surface area (Å²) in [6.45, 7) is 4.93.